The molecular weight excluding hydrogens is 146 g/mol. The summed E-state index contributed by atoms with van der Waals surface area (Å²) in [7, 11) is 0. The Morgan fingerprint density at radius 1 is 1.08 bits per heavy atom. The zero-order valence-electron chi connectivity index (χ0n) is 8.42. The van der Waals surface area contributed by atoms with Crippen molar-refractivity contribution in [1.29, 1.82) is 0 Å². The molecule has 0 amide bonds. The van der Waals surface area contributed by atoms with Gasteiger partial charge < -0.3 is 0 Å². The molecule has 0 fully saturated rings. The molecule has 12 heavy (non-hydrogen) atoms. The molecule has 1 rings (SSSR count). The molecule has 0 radical (unpaired) electrons. The van der Waals surface area contributed by atoms with Gasteiger partial charge in [-0.3, -0.25) is 4.99 Å². The summed E-state index contributed by atoms with van der Waals surface area (Å²) in [4.78, 5) is 4.41. The fourth-order valence-electron chi connectivity index (χ4n) is 1.71. The summed E-state index contributed by atoms with van der Waals surface area (Å²) in [6.07, 6.45) is 8.79. The minimum atomic E-state index is 0.793. The number of hydrogen-bond acceptors (Lipinski definition) is 1. The smallest absolute Gasteiger partial charge is 0.0411 e. The van der Waals surface area contributed by atoms with Gasteiger partial charge in [-0.1, -0.05) is 26.7 Å². The van der Waals surface area contributed by atoms with Crippen LogP contribution in [0.25, 0.3) is 0 Å². The molecule has 0 spiro atoms. The van der Waals surface area contributed by atoms with Gasteiger partial charge >= 0.3 is 0 Å². The van der Waals surface area contributed by atoms with E-state index in [4.69, 9.17) is 0 Å². The standard InChI is InChI=1S/C11H21N/c1-10-5-3-4-8-12-9-11(2)7-6-10/h8,10-11H,3-7,9H2,1-2H3. The Morgan fingerprint density at radius 3 is 2.67 bits per heavy atom. The van der Waals surface area contributed by atoms with Crippen molar-refractivity contribution in [3.05, 3.63) is 0 Å². The third kappa shape index (κ3) is 3.89. The van der Waals surface area contributed by atoms with Crippen molar-refractivity contribution in [3.63, 3.8) is 0 Å². The molecule has 0 aromatic carbocycles. The van der Waals surface area contributed by atoms with Crippen molar-refractivity contribution < 1.29 is 0 Å². The van der Waals surface area contributed by atoms with Gasteiger partial charge in [0.2, 0.25) is 0 Å². The van der Waals surface area contributed by atoms with Gasteiger partial charge in [0, 0.05) is 6.54 Å². The van der Waals surface area contributed by atoms with E-state index in [-0.39, 0.29) is 0 Å². The second kappa shape index (κ2) is 5.34. The van der Waals surface area contributed by atoms with Gasteiger partial charge in [0.1, 0.15) is 0 Å². The molecule has 0 saturated heterocycles. The first kappa shape index (κ1) is 9.76. The monoisotopic (exact) mass is 167 g/mol. The molecule has 0 saturated carbocycles. The number of rotatable bonds is 0. The molecule has 1 heteroatoms. The molecule has 1 aliphatic rings. The highest BCUT2D eigenvalue weighted by Crippen LogP contribution is 2.18. The minimum Gasteiger partial charge on any atom is -0.297 e. The number of hydrogen-bond donors (Lipinski definition) is 0. The van der Waals surface area contributed by atoms with Crippen LogP contribution >= 0.6 is 0 Å². The average molecular weight is 167 g/mol. The summed E-state index contributed by atoms with van der Waals surface area (Å²) < 4.78 is 0. The molecule has 0 aromatic heterocycles. The van der Waals surface area contributed by atoms with Crippen molar-refractivity contribution >= 4 is 6.21 Å². The lowest BCUT2D eigenvalue weighted by Crippen LogP contribution is -2.05. The SMILES string of the molecule is CC1CCCC=NCC(C)CC1. The van der Waals surface area contributed by atoms with Crippen LogP contribution in [0.2, 0.25) is 0 Å². The lowest BCUT2D eigenvalue weighted by atomic mass is 9.94. The third-order valence-corrected chi connectivity index (χ3v) is 2.73. The summed E-state index contributed by atoms with van der Waals surface area (Å²) in [5, 5.41) is 0. The normalized spacial score (nSPS) is 33.2. The summed E-state index contributed by atoms with van der Waals surface area (Å²) in [5.41, 5.74) is 0. The van der Waals surface area contributed by atoms with Gasteiger partial charge in [-0.15, -0.1) is 0 Å². The van der Waals surface area contributed by atoms with E-state index in [0.717, 1.165) is 18.4 Å². The van der Waals surface area contributed by atoms with E-state index < -0.39 is 0 Å². The van der Waals surface area contributed by atoms with E-state index in [9.17, 15) is 0 Å². The van der Waals surface area contributed by atoms with E-state index >= 15 is 0 Å². The Morgan fingerprint density at radius 2 is 1.83 bits per heavy atom. The lowest BCUT2D eigenvalue weighted by molar-refractivity contribution is 0.408. The molecule has 0 bridgehead atoms. The second-order valence-corrected chi connectivity index (χ2v) is 4.27. The Balaban J connectivity index is 2.34. The maximum atomic E-state index is 4.41. The van der Waals surface area contributed by atoms with Crippen LogP contribution in [0.15, 0.2) is 4.99 Å². The summed E-state index contributed by atoms with van der Waals surface area (Å²) in [5.74, 6) is 1.72. The lowest BCUT2D eigenvalue weighted by Gasteiger charge is -2.15. The summed E-state index contributed by atoms with van der Waals surface area (Å²) in [6.45, 7) is 5.74. The zero-order chi connectivity index (χ0) is 8.81. The fourth-order valence-corrected chi connectivity index (χ4v) is 1.71. The molecule has 1 heterocycles. The van der Waals surface area contributed by atoms with E-state index in [1.54, 1.807) is 0 Å². The van der Waals surface area contributed by atoms with Crippen LogP contribution < -0.4 is 0 Å². The van der Waals surface area contributed by atoms with Crippen LogP contribution in [0.4, 0.5) is 0 Å². The number of aliphatic imine (C=N–C) groups is 1. The summed E-state index contributed by atoms with van der Waals surface area (Å²) in [6, 6.07) is 0. The molecule has 2 atom stereocenters. The molecule has 70 valence electrons. The van der Waals surface area contributed by atoms with E-state index in [2.05, 4.69) is 25.1 Å². The largest absolute Gasteiger partial charge is 0.297 e. The maximum Gasteiger partial charge on any atom is 0.0411 e. The minimum absolute atomic E-state index is 0.793. The highest BCUT2D eigenvalue weighted by Gasteiger charge is 2.07. The highest BCUT2D eigenvalue weighted by atomic mass is 14.7. The molecule has 1 nitrogen and oxygen atoms in total. The zero-order valence-corrected chi connectivity index (χ0v) is 8.42. The van der Waals surface area contributed by atoms with Crippen molar-refractivity contribution in [2.24, 2.45) is 16.8 Å². The first-order chi connectivity index (χ1) is 5.79. The average Bonchev–Trinajstić information content (AvgIpc) is 2.07. The predicted octanol–water partition coefficient (Wildman–Crippen LogP) is 3.29. The Hall–Kier alpha value is -0.330. The molecule has 1 aliphatic heterocycles. The highest BCUT2D eigenvalue weighted by molar-refractivity contribution is 5.56. The first-order valence-corrected chi connectivity index (χ1v) is 5.27. The Kier molecular flexibility index (Phi) is 4.34. The maximum absolute atomic E-state index is 4.41. The van der Waals surface area contributed by atoms with Crippen molar-refractivity contribution in [2.45, 2.75) is 46.0 Å². The fraction of sp³-hybridized carbons (Fsp3) is 0.909. The van der Waals surface area contributed by atoms with E-state index in [1.165, 1.54) is 32.1 Å². The van der Waals surface area contributed by atoms with Crippen LogP contribution in [0, 0.1) is 11.8 Å². The summed E-state index contributed by atoms with van der Waals surface area (Å²) >= 11 is 0. The predicted molar refractivity (Wildman–Crippen MR) is 54.8 cm³/mol. The molecule has 0 aliphatic carbocycles. The first-order valence-electron chi connectivity index (χ1n) is 5.27. The van der Waals surface area contributed by atoms with Gasteiger partial charge in [-0.25, -0.2) is 0 Å². The van der Waals surface area contributed by atoms with Crippen LogP contribution in [0.5, 0.6) is 0 Å². The molecular formula is C11H21N. The third-order valence-electron chi connectivity index (χ3n) is 2.73. The van der Waals surface area contributed by atoms with E-state index in [0.29, 0.717) is 0 Å². The molecule has 2 unspecified atom stereocenters. The number of nitrogens with zero attached hydrogens (tertiary/aromatic N) is 1. The van der Waals surface area contributed by atoms with Crippen LogP contribution in [0.3, 0.4) is 0 Å². The van der Waals surface area contributed by atoms with Gasteiger partial charge in [0.05, 0.1) is 0 Å². The van der Waals surface area contributed by atoms with Gasteiger partial charge in [-0.05, 0) is 37.3 Å². The van der Waals surface area contributed by atoms with Crippen molar-refractivity contribution in [3.8, 4) is 0 Å². The van der Waals surface area contributed by atoms with Gasteiger partial charge in [-0.2, -0.15) is 0 Å². The molecule has 0 aromatic rings. The van der Waals surface area contributed by atoms with Gasteiger partial charge in [0.15, 0.2) is 0 Å². The Labute approximate surface area is 76.3 Å². The van der Waals surface area contributed by atoms with Crippen molar-refractivity contribution in [2.75, 3.05) is 6.54 Å². The topological polar surface area (TPSA) is 12.4 Å². The second-order valence-electron chi connectivity index (χ2n) is 4.27. The molecule has 0 N–H and O–H groups in total. The van der Waals surface area contributed by atoms with Crippen LogP contribution in [0.1, 0.15) is 46.0 Å². The van der Waals surface area contributed by atoms with E-state index in [1.807, 2.05) is 0 Å². The Bertz CT molecular complexity index is 140. The quantitative estimate of drug-likeness (QED) is 0.525. The van der Waals surface area contributed by atoms with Crippen molar-refractivity contribution in [1.82, 2.24) is 0 Å². The van der Waals surface area contributed by atoms with Crippen LogP contribution in [-0.4, -0.2) is 12.8 Å². The van der Waals surface area contributed by atoms with Crippen LogP contribution in [-0.2, 0) is 0 Å². The van der Waals surface area contributed by atoms with Gasteiger partial charge in [0.25, 0.3) is 0 Å².